The fraction of sp³-hybridized carbons (Fsp3) is 0.125. The Hall–Kier alpha value is -1.87. The largest absolute Gasteiger partial charge is 0.377 e. The van der Waals surface area contributed by atoms with Crippen molar-refractivity contribution in [3.05, 3.63) is 75.9 Å². The first-order valence-corrected chi connectivity index (χ1v) is 7.07. The van der Waals surface area contributed by atoms with Crippen LogP contribution >= 0.6 is 11.3 Å². The molecule has 0 saturated heterocycles. The molecule has 1 aliphatic rings. The summed E-state index contributed by atoms with van der Waals surface area (Å²) in [4.78, 5) is 1.30. The van der Waals surface area contributed by atoms with Crippen molar-refractivity contribution in [3.8, 4) is 0 Å². The summed E-state index contributed by atoms with van der Waals surface area (Å²) in [5, 5.41) is 5.57. The number of rotatable bonds is 2. The molecular weight excluding hydrogens is 257 g/mol. The quantitative estimate of drug-likeness (QED) is 0.847. The lowest BCUT2D eigenvalue weighted by Gasteiger charge is -2.22. The van der Waals surface area contributed by atoms with E-state index in [-0.39, 0.29) is 11.9 Å². The van der Waals surface area contributed by atoms with E-state index in [9.17, 15) is 4.39 Å². The van der Waals surface area contributed by atoms with Crippen LogP contribution < -0.4 is 5.32 Å². The third kappa shape index (κ3) is 2.47. The van der Waals surface area contributed by atoms with Crippen LogP contribution in [0.2, 0.25) is 0 Å². The van der Waals surface area contributed by atoms with Crippen LogP contribution in [-0.4, -0.2) is 0 Å². The predicted octanol–water partition coefficient (Wildman–Crippen LogP) is 4.52. The molecule has 0 fully saturated rings. The average molecular weight is 271 g/mol. The zero-order valence-electron chi connectivity index (χ0n) is 10.6. The summed E-state index contributed by atoms with van der Waals surface area (Å²) in [7, 11) is 0. The number of allylic oxidation sites excluding steroid dienone is 3. The number of hydrogen-bond donors (Lipinski definition) is 1. The molecule has 0 aliphatic carbocycles. The Morgan fingerprint density at radius 2 is 1.95 bits per heavy atom. The van der Waals surface area contributed by atoms with Crippen LogP contribution in [-0.2, 0) is 0 Å². The first kappa shape index (κ1) is 12.2. The Kier molecular flexibility index (Phi) is 3.22. The summed E-state index contributed by atoms with van der Waals surface area (Å²) in [6.07, 6.45) is 4.26. The molecule has 1 N–H and O–H groups in total. The van der Waals surface area contributed by atoms with Crippen LogP contribution in [0.1, 0.15) is 23.4 Å². The van der Waals surface area contributed by atoms with Crippen molar-refractivity contribution in [2.75, 3.05) is 0 Å². The third-order valence-corrected chi connectivity index (χ3v) is 4.19. The predicted molar refractivity (Wildman–Crippen MR) is 78.3 cm³/mol. The molecular formula is C16H14FNS. The molecule has 1 unspecified atom stereocenters. The van der Waals surface area contributed by atoms with Gasteiger partial charge in [0.1, 0.15) is 5.82 Å². The van der Waals surface area contributed by atoms with Gasteiger partial charge in [0.25, 0.3) is 0 Å². The molecule has 0 saturated carbocycles. The van der Waals surface area contributed by atoms with Crippen molar-refractivity contribution in [1.29, 1.82) is 0 Å². The van der Waals surface area contributed by atoms with E-state index in [1.54, 1.807) is 11.3 Å². The SMILES string of the molecule is CC1=C(c2ccc(F)cc2)C=CC(c2cccs2)N1. The number of halogens is 1. The molecule has 1 nitrogen and oxygen atoms in total. The molecule has 1 aromatic heterocycles. The summed E-state index contributed by atoms with van der Waals surface area (Å²) >= 11 is 1.74. The highest BCUT2D eigenvalue weighted by Gasteiger charge is 2.15. The number of thiophene rings is 1. The van der Waals surface area contributed by atoms with Gasteiger partial charge in [0.2, 0.25) is 0 Å². The Morgan fingerprint density at radius 1 is 1.16 bits per heavy atom. The van der Waals surface area contributed by atoms with E-state index in [1.165, 1.54) is 17.0 Å². The smallest absolute Gasteiger partial charge is 0.123 e. The fourth-order valence-corrected chi connectivity index (χ4v) is 3.01. The summed E-state index contributed by atoms with van der Waals surface area (Å²) in [5.74, 6) is -0.203. The van der Waals surface area contributed by atoms with Gasteiger partial charge in [-0.1, -0.05) is 30.4 Å². The molecule has 3 heteroatoms. The molecule has 2 aromatic rings. The topological polar surface area (TPSA) is 12.0 Å². The zero-order valence-corrected chi connectivity index (χ0v) is 11.4. The summed E-state index contributed by atoms with van der Waals surface area (Å²) in [5.41, 5.74) is 3.27. The fourth-order valence-electron chi connectivity index (χ4n) is 2.25. The van der Waals surface area contributed by atoms with Gasteiger partial charge in [-0.3, -0.25) is 0 Å². The van der Waals surface area contributed by atoms with Gasteiger partial charge in [0, 0.05) is 16.1 Å². The monoisotopic (exact) mass is 271 g/mol. The second-order valence-corrected chi connectivity index (χ2v) is 5.52. The Labute approximate surface area is 116 Å². The normalized spacial score (nSPS) is 18.5. The maximum Gasteiger partial charge on any atom is 0.123 e. The minimum absolute atomic E-state index is 0.203. The van der Waals surface area contributed by atoms with Crippen LogP contribution in [0.15, 0.2) is 59.6 Å². The Bertz CT molecular complexity index is 623. The van der Waals surface area contributed by atoms with Gasteiger partial charge in [-0.05, 0) is 36.1 Å². The summed E-state index contributed by atoms with van der Waals surface area (Å²) in [6.45, 7) is 2.06. The lowest BCUT2D eigenvalue weighted by molar-refractivity contribution is 0.627. The Balaban J connectivity index is 1.87. The second-order valence-electron chi connectivity index (χ2n) is 4.54. The van der Waals surface area contributed by atoms with Gasteiger partial charge in [-0.15, -0.1) is 11.3 Å². The van der Waals surface area contributed by atoms with E-state index in [0.29, 0.717) is 0 Å². The molecule has 2 heterocycles. The number of nitrogens with one attached hydrogen (secondary N) is 1. The summed E-state index contributed by atoms with van der Waals surface area (Å²) < 4.78 is 13.0. The van der Waals surface area contributed by atoms with Crippen LogP contribution in [0.4, 0.5) is 4.39 Å². The molecule has 1 aliphatic heterocycles. The van der Waals surface area contributed by atoms with Crippen molar-refractivity contribution in [3.63, 3.8) is 0 Å². The molecule has 0 bridgehead atoms. The molecule has 0 radical (unpaired) electrons. The molecule has 0 amide bonds. The van der Waals surface area contributed by atoms with E-state index < -0.39 is 0 Å². The first-order chi connectivity index (χ1) is 9.24. The molecule has 1 aromatic carbocycles. The van der Waals surface area contributed by atoms with Gasteiger partial charge in [-0.25, -0.2) is 4.39 Å². The van der Waals surface area contributed by atoms with Gasteiger partial charge in [0.05, 0.1) is 6.04 Å². The van der Waals surface area contributed by atoms with Crippen LogP contribution in [0.5, 0.6) is 0 Å². The van der Waals surface area contributed by atoms with Gasteiger partial charge in [-0.2, -0.15) is 0 Å². The van der Waals surface area contributed by atoms with E-state index in [4.69, 9.17) is 0 Å². The van der Waals surface area contributed by atoms with E-state index in [2.05, 4.69) is 41.9 Å². The number of hydrogen-bond acceptors (Lipinski definition) is 2. The van der Waals surface area contributed by atoms with Gasteiger partial charge in [0.15, 0.2) is 0 Å². The first-order valence-electron chi connectivity index (χ1n) is 6.19. The highest BCUT2D eigenvalue weighted by Crippen LogP contribution is 2.29. The molecule has 0 spiro atoms. The molecule has 96 valence electrons. The maximum absolute atomic E-state index is 13.0. The lowest BCUT2D eigenvalue weighted by Crippen LogP contribution is -2.20. The minimum Gasteiger partial charge on any atom is -0.377 e. The number of dihydropyridines is 1. The van der Waals surface area contributed by atoms with Crippen LogP contribution in [0, 0.1) is 5.82 Å². The third-order valence-electron chi connectivity index (χ3n) is 3.24. The van der Waals surface area contributed by atoms with Crippen LogP contribution in [0.3, 0.4) is 0 Å². The van der Waals surface area contributed by atoms with Crippen molar-refractivity contribution in [1.82, 2.24) is 5.32 Å². The number of benzene rings is 1. The Morgan fingerprint density at radius 3 is 2.58 bits per heavy atom. The van der Waals surface area contributed by atoms with Crippen molar-refractivity contribution in [2.24, 2.45) is 0 Å². The molecule has 3 rings (SSSR count). The zero-order chi connectivity index (χ0) is 13.2. The van der Waals surface area contributed by atoms with Crippen molar-refractivity contribution in [2.45, 2.75) is 13.0 Å². The summed E-state index contributed by atoms with van der Waals surface area (Å²) in [6, 6.07) is 11.0. The lowest BCUT2D eigenvalue weighted by atomic mass is 9.99. The van der Waals surface area contributed by atoms with E-state index >= 15 is 0 Å². The van der Waals surface area contributed by atoms with E-state index in [0.717, 1.165) is 16.8 Å². The van der Waals surface area contributed by atoms with Crippen LogP contribution in [0.25, 0.3) is 5.57 Å². The standard InChI is InChI=1S/C16H14FNS/c1-11-14(12-4-6-13(17)7-5-12)8-9-15(18-11)16-3-2-10-19-16/h2-10,15,18H,1H3. The van der Waals surface area contributed by atoms with Crippen molar-refractivity contribution < 1.29 is 4.39 Å². The van der Waals surface area contributed by atoms with Crippen molar-refractivity contribution >= 4 is 16.9 Å². The highest BCUT2D eigenvalue weighted by atomic mass is 32.1. The average Bonchev–Trinajstić information content (AvgIpc) is 2.94. The van der Waals surface area contributed by atoms with Gasteiger partial charge >= 0.3 is 0 Å². The molecule has 19 heavy (non-hydrogen) atoms. The van der Waals surface area contributed by atoms with E-state index in [1.807, 2.05) is 12.1 Å². The minimum atomic E-state index is -0.203. The second kappa shape index (κ2) is 5.02. The maximum atomic E-state index is 13.0. The van der Waals surface area contributed by atoms with Gasteiger partial charge < -0.3 is 5.32 Å². The molecule has 1 atom stereocenters. The highest BCUT2D eigenvalue weighted by molar-refractivity contribution is 7.10.